The number of hydrogen-bond acceptors (Lipinski definition) is 5. The number of benzene rings is 1. The first-order valence-electron chi connectivity index (χ1n) is 5.29. The molecule has 0 radical (unpaired) electrons. The van der Waals surface area contributed by atoms with E-state index in [2.05, 4.69) is 5.32 Å². The second kappa shape index (κ2) is 5.49. The third-order valence-electron chi connectivity index (χ3n) is 2.38. The first kappa shape index (κ1) is 13.0. The van der Waals surface area contributed by atoms with Gasteiger partial charge in [0.15, 0.2) is 0 Å². The van der Waals surface area contributed by atoms with E-state index in [1.807, 2.05) is 0 Å². The number of nitrogens with one attached hydrogen (secondary N) is 1. The molecule has 2 rings (SSSR count). The molecule has 19 heavy (non-hydrogen) atoms. The molecule has 7 heteroatoms. The number of hydrogen-bond donors (Lipinski definition) is 1. The maximum absolute atomic E-state index is 11.9. The summed E-state index contributed by atoms with van der Waals surface area (Å²) >= 11 is 0.915. The number of amides is 1. The Morgan fingerprint density at radius 2 is 2.16 bits per heavy atom. The molecule has 0 fully saturated rings. The Kier molecular flexibility index (Phi) is 3.76. The summed E-state index contributed by atoms with van der Waals surface area (Å²) in [6.45, 7) is 0. The molecule has 0 bridgehead atoms. The summed E-state index contributed by atoms with van der Waals surface area (Å²) in [5.41, 5.74) is 0.770. The van der Waals surface area contributed by atoms with Crippen LogP contribution in [-0.4, -0.2) is 17.9 Å². The zero-order valence-electron chi connectivity index (χ0n) is 9.95. The lowest BCUT2D eigenvalue weighted by Crippen LogP contribution is -2.11. The Morgan fingerprint density at radius 3 is 2.79 bits per heavy atom. The molecular weight excluding hydrogens is 268 g/mol. The van der Waals surface area contributed by atoms with Gasteiger partial charge in [0.1, 0.15) is 5.75 Å². The maximum atomic E-state index is 11.9. The van der Waals surface area contributed by atoms with Crippen LogP contribution >= 0.6 is 11.3 Å². The average molecular weight is 278 g/mol. The van der Waals surface area contributed by atoms with E-state index in [1.165, 1.54) is 18.6 Å². The Bertz CT molecular complexity index is 624. The molecule has 1 aromatic carbocycles. The molecule has 0 unspecified atom stereocenters. The van der Waals surface area contributed by atoms with E-state index in [1.54, 1.807) is 24.3 Å². The molecule has 0 atom stereocenters. The van der Waals surface area contributed by atoms with Crippen LogP contribution in [0, 0.1) is 10.1 Å². The van der Waals surface area contributed by atoms with Gasteiger partial charge in [-0.3, -0.25) is 14.9 Å². The van der Waals surface area contributed by atoms with Crippen LogP contribution < -0.4 is 10.1 Å². The molecule has 0 saturated heterocycles. The number of carbonyl (C=O) groups excluding carboxylic acids is 1. The number of methoxy groups -OCH3 is 1. The van der Waals surface area contributed by atoms with Gasteiger partial charge >= 0.3 is 5.00 Å². The third-order valence-corrected chi connectivity index (χ3v) is 3.26. The average Bonchev–Trinajstić information content (AvgIpc) is 2.89. The normalized spacial score (nSPS) is 9.95. The molecule has 0 aliphatic carbocycles. The van der Waals surface area contributed by atoms with Crippen molar-refractivity contribution in [2.45, 2.75) is 0 Å². The number of ether oxygens (including phenoxy) is 1. The van der Waals surface area contributed by atoms with E-state index >= 15 is 0 Å². The smallest absolute Gasteiger partial charge is 0.324 e. The van der Waals surface area contributed by atoms with Crippen molar-refractivity contribution in [2.24, 2.45) is 0 Å². The number of nitro groups is 1. The molecule has 1 heterocycles. The van der Waals surface area contributed by atoms with Gasteiger partial charge in [-0.15, -0.1) is 0 Å². The first-order valence-corrected chi connectivity index (χ1v) is 6.17. The van der Waals surface area contributed by atoms with Crippen LogP contribution in [0.15, 0.2) is 35.7 Å². The van der Waals surface area contributed by atoms with E-state index in [-0.39, 0.29) is 10.6 Å². The quantitative estimate of drug-likeness (QED) is 0.688. The van der Waals surface area contributed by atoms with Gasteiger partial charge < -0.3 is 10.1 Å². The molecule has 6 nitrogen and oxygen atoms in total. The standard InChI is InChI=1S/C12H10N2O4S/c1-18-10-5-3-2-4-9(10)13-12(15)8-6-11(14(16)17)19-7-8/h2-7H,1H3,(H,13,15). The molecule has 98 valence electrons. The lowest BCUT2D eigenvalue weighted by Gasteiger charge is -2.08. The largest absolute Gasteiger partial charge is 0.495 e. The fraction of sp³-hybridized carbons (Fsp3) is 0.0833. The van der Waals surface area contributed by atoms with Crippen LogP contribution in [0.3, 0.4) is 0 Å². The van der Waals surface area contributed by atoms with Gasteiger partial charge in [0, 0.05) is 11.4 Å². The summed E-state index contributed by atoms with van der Waals surface area (Å²) in [5.74, 6) is 0.120. The molecule has 0 saturated carbocycles. The minimum atomic E-state index is -0.523. The molecule has 0 aliphatic rings. The van der Waals surface area contributed by atoms with Gasteiger partial charge in [0.05, 0.1) is 23.3 Å². The van der Waals surface area contributed by atoms with Crippen LogP contribution in [0.5, 0.6) is 5.75 Å². The van der Waals surface area contributed by atoms with E-state index in [0.29, 0.717) is 11.4 Å². The molecule has 0 aliphatic heterocycles. The van der Waals surface area contributed by atoms with Gasteiger partial charge in [-0.1, -0.05) is 23.5 Å². The predicted molar refractivity (Wildman–Crippen MR) is 71.9 cm³/mol. The molecule has 1 N–H and O–H groups in total. The zero-order chi connectivity index (χ0) is 13.8. The fourth-order valence-corrected chi connectivity index (χ4v) is 2.19. The first-order chi connectivity index (χ1) is 9.11. The minimum absolute atomic E-state index is 0.0647. The Morgan fingerprint density at radius 1 is 1.42 bits per heavy atom. The minimum Gasteiger partial charge on any atom is -0.495 e. The highest BCUT2D eigenvalue weighted by molar-refractivity contribution is 7.13. The van der Waals surface area contributed by atoms with Crippen molar-refractivity contribution in [1.82, 2.24) is 0 Å². The van der Waals surface area contributed by atoms with Gasteiger partial charge in [0.2, 0.25) is 0 Å². The van der Waals surface area contributed by atoms with Crippen molar-refractivity contribution in [3.05, 3.63) is 51.4 Å². The molecular formula is C12H10N2O4S. The summed E-state index contributed by atoms with van der Waals surface area (Å²) < 4.78 is 5.11. The number of rotatable bonds is 4. The Labute approximate surface area is 112 Å². The van der Waals surface area contributed by atoms with Crippen molar-refractivity contribution < 1.29 is 14.5 Å². The molecule has 2 aromatic rings. The van der Waals surface area contributed by atoms with Crippen LogP contribution in [0.4, 0.5) is 10.7 Å². The summed E-state index contributed by atoms with van der Waals surface area (Å²) in [6, 6.07) is 8.19. The van der Waals surface area contributed by atoms with Gasteiger partial charge in [-0.05, 0) is 12.1 Å². The van der Waals surface area contributed by atoms with Crippen LogP contribution in [0.25, 0.3) is 0 Å². The fourth-order valence-electron chi connectivity index (χ4n) is 1.48. The predicted octanol–water partition coefficient (Wildman–Crippen LogP) is 2.92. The number of nitrogens with zero attached hydrogens (tertiary/aromatic N) is 1. The van der Waals surface area contributed by atoms with Gasteiger partial charge in [0.25, 0.3) is 5.91 Å². The van der Waals surface area contributed by atoms with Crippen molar-refractivity contribution in [1.29, 1.82) is 0 Å². The number of anilines is 1. The van der Waals surface area contributed by atoms with Gasteiger partial charge in [-0.2, -0.15) is 0 Å². The summed E-state index contributed by atoms with van der Waals surface area (Å²) in [6.07, 6.45) is 0. The highest BCUT2D eigenvalue weighted by atomic mass is 32.1. The lowest BCUT2D eigenvalue weighted by atomic mass is 10.2. The van der Waals surface area contributed by atoms with Crippen molar-refractivity contribution in [2.75, 3.05) is 12.4 Å². The van der Waals surface area contributed by atoms with E-state index in [9.17, 15) is 14.9 Å². The van der Waals surface area contributed by atoms with Crippen LogP contribution in [-0.2, 0) is 0 Å². The second-order valence-corrected chi connectivity index (χ2v) is 4.47. The summed E-state index contributed by atoms with van der Waals surface area (Å²) in [7, 11) is 1.50. The van der Waals surface area contributed by atoms with Crippen molar-refractivity contribution in [3.63, 3.8) is 0 Å². The van der Waals surface area contributed by atoms with E-state index < -0.39 is 10.8 Å². The zero-order valence-corrected chi connectivity index (χ0v) is 10.8. The Balaban J connectivity index is 2.18. The lowest BCUT2D eigenvalue weighted by molar-refractivity contribution is -0.380. The van der Waals surface area contributed by atoms with E-state index in [0.717, 1.165) is 11.3 Å². The highest BCUT2D eigenvalue weighted by Gasteiger charge is 2.16. The summed E-state index contributed by atoms with van der Waals surface area (Å²) in [5, 5.41) is 14.6. The van der Waals surface area contributed by atoms with E-state index in [4.69, 9.17) is 4.74 Å². The molecule has 1 aromatic heterocycles. The molecule has 1 amide bonds. The van der Waals surface area contributed by atoms with Gasteiger partial charge in [-0.25, -0.2) is 0 Å². The monoisotopic (exact) mass is 278 g/mol. The highest BCUT2D eigenvalue weighted by Crippen LogP contribution is 2.26. The number of thiophene rings is 1. The van der Waals surface area contributed by atoms with Crippen LogP contribution in [0.2, 0.25) is 0 Å². The van der Waals surface area contributed by atoms with Crippen molar-refractivity contribution >= 4 is 27.9 Å². The van der Waals surface area contributed by atoms with Crippen LogP contribution in [0.1, 0.15) is 10.4 Å². The SMILES string of the molecule is COc1ccccc1NC(=O)c1csc([N+](=O)[O-])c1. The van der Waals surface area contributed by atoms with Crippen molar-refractivity contribution in [3.8, 4) is 5.75 Å². The third kappa shape index (κ3) is 2.89. The number of para-hydroxylation sites is 2. The topological polar surface area (TPSA) is 81.5 Å². The Hall–Kier alpha value is -2.41. The summed E-state index contributed by atoms with van der Waals surface area (Å²) in [4.78, 5) is 22.0. The molecule has 0 spiro atoms. The maximum Gasteiger partial charge on any atom is 0.324 e. The number of carbonyl (C=O) groups is 1. The second-order valence-electron chi connectivity index (χ2n) is 3.59.